The zero-order chi connectivity index (χ0) is 10.0. The molecule has 1 saturated carbocycles. The molecule has 2 aliphatic rings. The van der Waals surface area contributed by atoms with Crippen molar-refractivity contribution in [2.45, 2.75) is 45.4 Å². The first kappa shape index (κ1) is 10.2. The summed E-state index contributed by atoms with van der Waals surface area (Å²) >= 11 is 0. The van der Waals surface area contributed by atoms with Crippen molar-refractivity contribution in [3.63, 3.8) is 0 Å². The van der Waals surface area contributed by atoms with Crippen LogP contribution in [0.1, 0.15) is 45.4 Å². The maximum Gasteiger partial charge on any atom is 0.136 e. The molecule has 1 atom stereocenters. The van der Waals surface area contributed by atoms with Crippen LogP contribution in [0.3, 0.4) is 0 Å². The van der Waals surface area contributed by atoms with Crippen molar-refractivity contribution in [2.24, 2.45) is 11.3 Å². The summed E-state index contributed by atoms with van der Waals surface area (Å²) in [7, 11) is 0. The van der Waals surface area contributed by atoms with Gasteiger partial charge in [-0.15, -0.1) is 0 Å². The summed E-state index contributed by atoms with van der Waals surface area (Å²) in [6, 6.07) is 0. The number of ketones is 1. The monoisotopic (exact) mass is 195 g/mol. The number of carbonyl (C=O) groups is 1. The number of carbonyl (C=O) groups excluding carboxylic acids is 1. The first-order chi connectivity index (χ1) is 6.78. The van der Waals surface area contributed by atoms with Gasteiger partial charge in [-0.1, -0.05) is 13.3 Å². The highest BCUT2D eigenvalue weighted by atomic mass is 16.1. The fourth-order valence-corrected chi connectivity index (χ4v) is 2.81. The van der Waals surface area contributed by atoms with Crippen LogP contribution in [0, 0.1) is 11.3 Å². The van der Waals surface area contributed by atoms with Gasteiger partial charge in [0.15, 0.2) is 0 Å². The molecule has 0 aromatic carbocycles. The van der Waals surface area contributed by atoms with Crippen LogP contribution in [-0.4, -0.2) is 18.9 Å². The van der Waals surface area contributed by atoms with Crippen molar-refractivity contribution < 1.29 is 4.79 Å². The maximum atomic E-state index is 11.8. The minimum absolute atomic E-state index is 0.441. The quantitative estimate of drug-likeness (QED) is 0.744. The van der Waals surface area contributed by atoms with Gasteiger partial charge >= 0.3 is 0 Å². The van der Waals surface area contributed by atoms with Gasteiger partial charge in [0, 0.05) is 12.3 Å². The summed E-state index contributed by atoms with van der Waals surface area (Å²) in [5, 5.41) is 3.37. The summed E-state index contributed by atoms with van der Waals surface area (Å²) in [5.41, 5.74) is 0.454. The zero-order valence-corrected chi connectivity index (χ0v) is 9.14. The Bertz CT molecular complexity index is 218. The zero-order valence-electron chi connectivity index (χ0n) is 9.14. The number of hydrogen-bond donors (Lipinski definition) is 1. The van der Waals surface area contributed by atoms with Gasteiger partial charge in [-0.05, 0) is 44.2 Å². The lowest BCUT2D eigenvalue weighted by Gasteiger charge is -2.23. The van der Waals surface area contributed by atoms with E-state index in [0.717, 1.165) is 32.4 Å². The Morgan fingerprint density at radius 2 is 2.14 bits per heavy atom. The Kier molecular flexibility index (Phi) is 2.91. The molecule has 1 N–H and O–H groups in total. The van der Waals surface area contributed by atoms with Crippen LogP contribution >= 0.6 is 0 Å². The van der Waals surface area contributed by atoms with Gasteiger partial charge in [-0.2, -0.15) is 0 Å². The van der Waals surface area contributed by atoms with Crippen molar-refractivity contribution in [1.82, 2.24) is 5.32 Å². The lowest BCUT2D eigenvalue weighted by molar-refractivity contribution is -0.121. The molecule has 1 aliphatic heterocycles. The minimum Gasteiger partial charge on any atom is -0.317 e. The Morgan fingerprint density at radius 1 is 1.43 bits per heavy atom. The summed E-state index contributed by atoms with van der Waals surface area (Å²) < 4.78 is 0. The molecule has 0 radical (unpaired) electrons. The highest BCUT2D eigenvalue weighted by Crippen LogP contribution is 2.59. The van der Waals surface area contributed by atoms with E-state index in [1.54, 1.807) is 0 Å². The average Bonchev–Trinajstić information content (AvgIpc) is 2.90. The van der Waals surface area contributed by atoms with Crippen LogP contribution in [0.4, 0.5) is 0 Å². The van der Waals surface area contributed by atoms with Gasteiger partial charge in [0.1, 0.15) is 5.78 Å². The number of rotatable bonds is 4. The number of nitrogens with one attached hydrogen (secondary N) is 1. The molecule has 1 saturated heterocycles. The molecule has 1 unspecified atom stereocenters. The number of unbranched alkanes of at least 4 members (excludes halogenated alkanes) is 1. The average molecular weight is 195 g/mol. The van der Waals surface area contributed by atoms with Crippen LogP contribution in [0.5, 0.6) is 0 Å². The summed E-state index contributed by atoms with van der Waals surface area (Å²) in [6.45, 7) is 4.40. The third-order valence-corrected chi connectivity index (χ3v) is 3.95. The van der Waals surface area contributed by atoms with Crippen molar-refractivity contribution in [1.29, 1.82) is 0 Å². The molecule has 0 amide bonds. The Balaban J connectivity index is 1.81. The maximum absolute atomic E-state index is 11.8. The van der Waals surface area contributed by atoms with Crippen LogP contribution < -0.4 is 5.32 Å². The van der Waals surface area contributed by atoms with Gasteiger partial charge in [0.2, 0.25) is 0 Å². The van der Waals surface area contributed by atoms with Gasteiger partial charge in [0.05, 0.1) is 0 Å². The third kappa shape index (κ3) is 1.85. The van der Waals surface area contributed by atoms with E-state index in [-0.39, 0.29) is 0 Å². The molecule has 1 heterocycles. The summed E-state index contributed by atoms with van der Waals surface area (Å²) in [5.74, 6) is 0.991. The summed E-state index contributed by atoms with van der Waals surface area (Å²) in [4.78, 5) is 11.8. The predicted molar refractivity (Wildman–Crippen MR) is 57.2 cm³/mol. The van der Waals surface area contributed by atoms with E-state index >= 15 is 0 Å². The predicted octanol–water partition coefficient (Wildman–Crippen LogP) is 2.14. The molecule has 2 rings (SSSR count). The number of piperidine rings is 1. The molecule has 2 fully saturated rings. The second kappa shape index (κ2) is 4.01. The van der Waals surface area contributed by atoms with E-state index < -0.39 is 0 Å². The minimum atomic E-state index is 0.441. The topological polar surface area (TPSA) is 29.1 Å². The van der Waals surface area contributed by atoms with Gasteiger partial charge in [-0.3, -0.25) is 4.79 Å². The molecule has 0 aromatic rings. The van der Waals surface area contributed by atoms with Crippen LogP contribution in [0.25, 0.3) is 0 Å². The Hall–Kier alpha value is -0.370. The van der Waals surface area contributed by atoms with Crippen molar-refractivity contribution in [3.8, 4) is 0 Å². The molecule has 80 valence electrons. The second-order valence-electron chi connectivity index (χ2n) is 4.94. The van der Waals surface area contributed by atoms with E-state index in [0.29, 0.717) is 17.1 Å². The third-order valence-electron chi connectivity index (χ3n) is 3.95. The van der Waals surface area contributed by atoms with E-state index in [9.17, 15) is 4.79 Å². The van der Waals surface area contributed by atoms with Crippen LogP contribution in [-0.2, 0) is 4.79 Å². The normalized spacial score (nSPS) is 29.1. The first-order valence-corrected chi connectivity index (χ1v) is 6.02. The van der Waals surface area contributed by atoms with E-state index in [1.807, 2.05) is 0 Å². The number of Topliss-reactive ketones (excluding diaryl/α,β-unsaturated/α-hetero) is 1. The molecule has 2 nitrogen and oxygen atoms in total. The smallest absolute Gasteiger partial charge is 0.136 e. The van der Waals surface area contributed by atoms with Crippen molar-refractivity contribution in [2.75, 3.05) is 13.1 Å². The van der Waals surface area contributed by atoms with Gasteiger partial charge in [0.25, 0.3) is 0 Å². The van der Waals surface area contributed by atoms with Crippen molar-refractivity contribution >= 4 is 5.78 Å². The molecular weight excluding hydrogens is 174 g/mol. The number of hydrogen-bond acceptors (Lipinski definition) is 2. The van der Waals surface area contributed by atoms with E-state index in [4.69, 9.17) is 0 Å². The molecule has 0 bridgehead atoms. The molecule has 0 aromatic heterocycles. The van der Waals surface area contributed by atoms with E-state index in [2.05, 4.69) is 12.2 Å². The fraction of sp³-hybridized carbons (Fsp3) is 0.917. The van der Waals surface area contributed by atoms with Crippen LogP contribution in [0.15, 0.2) is 0 Å². The Morgan fingerprint density at radius 3 is 2.79 bits per heavy atom. The molecular formula is C12H21NO. The Labute approximate surface area is 86.5 Å². The van der Waals surface area contributed by atoms with Crippen molar-refractivity contribution in [3.05, 3.63) is 0 Å². The standard InChI is InChI=1S/C12H21NO/c1-2-3-4-11(14)10-9-12(10)5-7-13-8-6-12/h10,13H,2-9H2,1H3. The highest BCUT2D eigenvalue weighted by Gasteiger charge is 2.56. The van der Waals surface area contributed by atoms with Crippen LogP contribution in [0.2, 0.25) is 0 Å². The highest BCUT2D eigenvalue weighted by molar-refractivity contribution is 5.84. The molecule has 1 spiro atoms. The lowest BCUT2D eigenvalue weighted by atomic mass is 9.90. The first-order valence-electron chi connectivity index (χ1n) is 6.02. The summed E-state index contributed by atoms with van der Waals surface area (Å²) in [6.07, 6.45) is 6.72. The molecule has 1 aliphatic carbocycles. The lowest BCUT2D eigenvalue weighted by Crippen LogP contribution is -2.30. The SMILES string of the molecule is CCCCC(=O)C1CC12CCNCC2. The fourth-order valence-electron chi connectivity index (χ4n) is 2.81. The molecule has 14 heavy (non-hydrogen) atoms. The largest absolute Gasteiger partial charge is 0.317 e. The van der Waals surface area contributed by atoms with Gasteiger partial charge < -0.3 is 5.32 Å². The molecule has 2 heteroatoms. The van der Waals surface area contributed by atoms with Gasteiger partial charge in [-0.25, -0.2) is 0 Å². The second-order valence-corrected chi connectivity index (χ2v) is 4.94. The van der Waals surface area contributed by atoms with E-state index in [1.165, 1.54) is 19.3 Å².